The van der Waals surface area contributed by atoms with Gasteiger partial charge in [0.1, 0.15) is 12.4 Å². The van der Waals surface area contributed by atoms with Crippen LogP contribution in [0.1, 0.15) is 21.8 Å². The lowest BCUT2D eigenvalue weighted by Gasteiger charge is -2.18. The first kappa shape index (κ1) is 17.5. The Morgan fingerprint density at radius 2 is 1.80 bits per heavy atom. The third-order valence-corrected chi connectivity index (χ3v) is 4.54. The Morgan fingerprint density at radius 3 is 2.56 bits per heavy atom. The Bertz CT molecular complexity index is 705. The molecule has 2 aromatic carbocycles. The molecule has 25 heavy (non-hydrogen) atoms. The molecule has 0 saturated carbocycles. The zero-order valence-electron chi connectivity index (χ0n) is 14.4. The van der Waals surface area contributed by atoms with Crippen molar-refractivity contribution in [2.24, 2.45) is 5.73 Å². The number of para-hydroxylation sites is 1. The maximum absolute atomic E-state index is 13.0. The summed E-state index contributed by atoms with van der Waals surface area (Å²) in [6, 6.07) is 17.4. The van der Waals surface area contributed by atoms with E-state index in [4.69, 9.17) is 15.2 Å². The monoisotopic (exact) mass is 340 g/mol. The van der Waals surface area contributed by atoms with Crippen molar-refractivity contribution in [2.45, 2.75) is 12.0 Å². The first-order valence-corrected chi connectivity index (χ1v) is 8.51. The molecule has 1 amide bonds. The molecule has 0 radical (unpaired) electrons. The van der Waals surface area contributed by atoms with Crippen molar-refractivity contribution in [1.82, 2.24) is 4.90 Å². The highest BCUT2D eigenvalue weighted by atomic mass is 16.5. The van der Waals surface area contributed by atoms with Gasteiger partial charge in [0, 0.05) is 32.2 Å². The average molecular weight is 340 g/mol. The van der Waals surface area contributed by atoms with E-state index in [1.165, 1.54) is 5.56 Å². The molecule has 1 saturated heterocycles. The van der Waals surface area contributed by atoms with E-state index in [1.54, 1.807) is 13.2 Å². The number of nitrogens with zero attached hydrogens (tertiary/aromatic N) is 1. The lowest BCUT2D eigenvalue weighted by molar-refractivity contribution is 0.0782. The Labute approximate surface area is 148 Å². The van der Waals surface area contributed by atoms with Gasteiger partial charge in [-0.25, -0.2) is 0 Å². The number of rotatable bonds is 6. The number of hydrogen-bond donors (Lipinski definition) is 1. The summed E-state index contributed by atoms with van der Waals surface area (Å²) >= 11 is 0. The molecule has 3 rings (SSSR count). The van der Waals surface area contributed by atoms with E-state index in [2.05, 4.69) is 12.1 Å². The first-order valence-electron chi connectivity index (χ1n) is 8.51. The second-order valence-corrected chi connectivity index (χ2v) is 6.23. The molecule has 1 fully saturated rings. The topological polar surface area (TPSA) is 64.8 Å². The van der Waals surface area contributed by atoms with E-state index in [0.717, 1.165) is 0 Å². The minimum Gasteiger partial charge on any atom is -0.490 e. The summed E-state index contributed by atoms with van der Waals surface area (Å²) < 4.78 is 10.7. The first-order chi connectivity index (χ1) is 12.2. The van der Waals surface area contributed by atoms with Gasteiger partial charge in [0.15, 0.2) is 0 Å². The van der Waals surface area contributed by atoms with Crippen molar-refractivity contribution in [3.05, 3.63) is 65.7 Å². The second kappa shape index (κ2) is 8.14. The average Bonchev–Trinajstić information content (AvgIpc) is 3.04. The Morgan fingerprint density at radius 1 is 1.08 bits per heavy atom. The minimum absolute atomic E-state index is 0.0399. The summed E-state index contributed by atoms with van der Waals surface area (Å²) in [6.07, 6.45) is 0. The van der Waals surface area contributed by atoms with Crippen LogP contribution in [0, 0.1) is 0 Å². The van der Waals surface area contributed by atoms with Gasteiger partial charge < -0.3 is 20.1 Å². The normalized spacial score (nSPS) is 19.8. The summed E-state index contributed by atoms with van der Waals surface area (Å²) in [6.45, 7) is 2.06. The molecular weight excluding hydrogens is 316 g/mol. The largest absolute Gasteiger partial charge is 0.490 e. The molecule has 2 N–H and O–H groups in total. The Kier molecular flexibility index (Phi) is 5.68. The number of carbonyl (C=O) groups excluding carboxylic acids is 1. The predicted molar refractivity (Wildman–Crippen MR) is 96.9 cm³/mol. The third kappa shape index (κ3) is 4.00. The van der Waals surface area contributed by atoms with E-state index in [0.29, 0.717) is 37.6 Å². The minimum atomic E-state index is -0.0621. The number of amides is 1. The van der Waals surface area contributed by atoms with E-state index in [1.807, 2.05) is 41.3 Å². The Balaban J connectivity index is 1.74. The molecule has 5 heteroatoms. The predicted octanol–water partition coefficient (Wildman–Crippen LogP) is 2.28. The number of carbonyl (C=O) groups is 1. The van der Waals surface area contributed by atoms with Crippen LogP contribution in [0.4, 0.5) is 0 Å². The van der Waals surface area contributed by atoms with Crippen molar-refractivity contribution in [2.75, 3.05) is 33.4 Å². The van der Waals surface area contributed by atoms with Gasteiger partial charge in [0.05, 0.1) is 12.2 Å². The molecule has 5 nitrogen and oxygen atoms in total. The van der Waals surface area contributed by atoms with Crippen molar-refractivity contribution in [3.63, 3.8) is 0 Å². The molecule has 0 spiro atoms. The maximum Gasteiger partial charge on any atom is 0.257 e. The second-order valence-electron chi connectivity index (χ2n) is 6.23. The van der Waals surface area contributed by atoms with Gasteiger partial charge in [0.2, 0.25) is 0 Å². The highest BCUT2D eigenvalue weighted by molar-refractivity contribution is 5.97. The van der Waals surface area contributed by atoms with Gasteiger partial charge in [-0.1, -0.05) is 42.5 Å². The SMILES string of the molecule is COCCOc1ccccc1C(=O)N1C[C@@H](N)[C@H](c2ccccc2)C1. The molecular formula is C20H24N2O3. The maximum atomic E-state index is 13.0. The van der Waals surface area contributed by atoms with Crippen LogP contribution in [0.15, 0.2) is 54.6 Å². The van der Waals surface area contributed by atoms with Gasteiger partial charge in [-0.05, 0) is 17.7 Å². The van der Waals surface area contributed by atoms with E-state index < -0.39 is 0 Å². The molecule has 0 aliphatic carbocycles. The summed E-state index contributed by atoms with van der Waals surface area (Å²) in [5.74, 6) is 0.704. The summed E-state index contributed by atoms with van der Waals surface area (Å²) in [5, 5.41) is 0. The fourth-order valence-corrected chi connectivity index (χ4v) is 3.22. The molecule has 1 aliphatic rings. The summed E-state index contributed by atoms with van der Waals surface area (Å²) in [7, 11) is 1.62. The van der Waals surface area contributed by atoms with Crippen molar-refractivity contribution in [1.29, 1.82) is 0 Å². The van der Waals surface area contributed by atoms with Crippen molar-refractivity contribution in [3.8, 4) is 5.75 Å². The van der Waals surface area contributed by atoms with Gasteiger partial charge in [-0.15, -0.1) is 0 Å². The lowest BCUT2D eigenvalue weighted by atomic mass is 9.95. The molecule has 0 unspecified atom stereocenters. The molecule has 0 aromatic heterocycles. The number of nitrogens with two attached hydrogens (primary N) is 1. The third-order valence-electron chi connectivity index (χ3n) is 4.54. The van der Waals surface area contributed by atoms with Crippen LogP contribution in [0.2, 0.25) is 0 Å². The van der Waals surface area contributed by atoms with Crippen molar-refractivity contribution >= 4 is 5.91 Å². The molecule has 1 aliphatic heterocycles. The highest BCUT2D eigenvalue weighted by Crippen LogP contribution is 2.29. The van der Waals surface area contributed by atoms with Crippen LogP contribution in [-0.4, -0.2) is 50.3 Å². The lowest BCUT2D eigenvalue weighted by Crippen LogP contribution is -2.32. The fraction of sp³-hybridized carbons (Fsp3) is 0.350. The van der Waals surface area contributed by atoms with Gasteiger partial charge in [-0.2, -0.15) is 0 Å². The zero-order valence-corrected chi connectivity index (χ0v) is 14.4. The van der Waals surface area contributed by atoms with Gasteiger partial charge in [-0.3, -0.25) is 4.79 Å². The van der Waals surface area contributed by atoms with Crippen LogP contribution in [0.25, 0.3) is 0 Å². The zero-order chi connectivity index (χ0) is 17.6. The number of methoxy groups -OCH3 is 1. The van der Waals surface area contributed by atoms with E-state index in [9.17, 15) is 4.79 Å². The molecule has 2 aromatic rings. The van der Waals surface area contributed by atoms with Crippen LogP contribution in [0.3, 0.4) is 0 Å². The molecule has 132 valence electrons. The summed E-state index contributed by atoms with van der Waals surface area (Å²) in [4.78, 5) is 14.8. The van der Waals surface area contributed by atoms with Crippen LogP contribution >= 0.6 is 0 Å². The standard InChI is InChI=1S/C20H24N2O3/c1-24-11-12-25-19-10-6-5-9-16(19)20(23)22-13-17(18(21)14-22)15-7-3-2-4-8-15/h2-10,17-18H,11-14,21H2,1H3/t17-,18+/m0/s1. The van der Waals surface area contributed by atoms with Gasteiger partial charge >= 0.3 is 0 Å². The number of benzene rings is 2. The number of likely N-dealkylation sites (tertiary alicyclic amines) is 1. The molecule has 0 bridgehead atoms. The smallest absolute Gasteiger partial charge is 0.257 e. The van der Waals surface area contributed by atoms with E-state index in [-0.39, 0.29) is 17.9 Å². The fourth-order valence-electron chi connectivity index (χ4n) is 3.22. The highest BCUT2D eigenvalue weighted by Gasteiger charge is 2.34. The number of ether oxygens (including phenoxy) is 2. The van der Waals surface area contributed by atoms with Crippen LogP contribution in [0.5, 0.6) is 5.75 Å². The van der Waals surface area contributed by atoms with Crippen LogP contribution < -0.4 is 10.5 Å². The summed E-state index contributed by atoms with van der Waals surface area (Å²) in [5.41, 5.74) is 8.06. The quantitative estimate of drug-likeness (QED) is 0.820. The van der Waals surface area contributed by atoms with E-state index >= 15 is 0 Å². The molecule has 2 atom stereocenters. The number of hydrogen-bond acceptors (Lipinski definition) is 4. The van der Waals surface area contributed by atoms with Crippen molar-refractivity contribution < 1.29 is 14.3 Å². The van der Waals surface area contributed by atoms with Crippen LogP contribution in [-0.2, 0) is 4.74 Å². The Hall–Kier alpha value is -2.37. The van der Waals surface area contributed by atoms with Gasteiger partial charge in [0.25, 0.3) is 5.91 Å². The molecule has 1 heterocycles.